The number of fused-ring (bicyclic) bond motifs is 1. The molecule has 0 spiro atoms. The van der Waals surface area contributed by atoms with Crippen molar-refractivity contribution in [1.82, 2.24) is 0 Å². The van der Waals surface area contributed by atoms with Crippen LogP contribution in [0.15, 0.2) is 23.8 Å². The van der Waals surface area contributed by atoms with Gasteiger partial charge in [-0.25, -0.2) is 0 Å². The molecule has 0 atom stereocenters. The van der Waals surface area contributed by atoms with Crippen molar-refractivity contribution in [3.05, 3.63) is 40.5 Å². The molecule has 0 N–H and O–H groups in total. The highest BCUT2D eigenvalue weighted by Crippen LogP contribution is 2.26. The third-order valence-corrected chi connectivity index (χ3v) is 2.32. The zero-order valence-corrected chi connectivity index (χ0v) is 11.0. The van der Waals surface area contributed by atoms with E-state index in [0.717, 1.165) is 18.3 Å². The zero-order chi connectivity index (χ0) is 12.6. The van der Waals surface area contributed by atoms with Crippen molar-refractivity contribution in [2.75, 3.05) is 0 Å². The van der Waals surface area contributed by atoms with Gasteiger partial charge in [0.25, 0.3) is 0 Å². The van der Waals surface area contributed by atoms with E-state index in [1.54, 1.807) is 0 Å². The van der Waals surface area contributed by atoms with Gasteiger partial charge in [-0.2, -0.15) is 0 Å². The van der Waals surface area contributed by atoms with Crippen molar-refractivity contribution < 1.29 is 4.79 Å². The van der Waals surface area contributed by atoms with Gasteiger partial charge in [-0.05, 0) is 35.3 Å². The highest BCUT2D eigenvalue weighted by Gasteiger charge is 2.12. The smallest absolute Gasteiger partial charge is 0.146 e. The Morgan fingerprint density at radius 3 is 2.25 bits per heavy atom. The molecular weight excluding hydrogens is 196 g/mol. The van der Waals surface area contributed by atoms with E-state index in [1.807, 2.05) is 39.8 Å². The van der Waals surface area contributed by atoms with Crippen molar-refractivity contribution in [1.29, 1.82) is 0 Å². The van der Waals surface area contributed by atoms with E-state index in [9.17, 15) is 4.79 Å². The molecule has 0 fully saturated rings. The average molecular weight is 218 g/mol. The maximum atomic E-state index is 10.5. The van der Waals surface area contributed by atoms with Gasteiger partial charge in [-0.15, -0.1) is 0 Å². The Hall–Kier alpha value is -1.37. The van der Waals surface area contributed by atoms with Gasteiger partial charge in [0.15, 0.2) is 0 Å². The van der Waals surface area contributed by atoms with Crippen LogP contribution in [0.25, 0.3) is 6.08 Å². The lowest BCUT2D eigenvalue weighted by molar-refractivity contribution is -0.104. The third-order valence-electron chi connectivity index (χ3n) is 2.32. The van der Waals surface area contributed by atoms with Crippen LogP contribution in [0, 0.1) is 6.92 Å². The molecule has 0 saturated carbocycles. The van der Waals surface area contributed by atoms with Crippen LogP contribution < -0.4 is 0 Å². The second kappa shape index (κ2) is 7.86. The van der Waals surface area contributed by atoms with Crippen molar-refractivity contribution in [2.24, 2.45) is 0 Å². The Morgan fingerprint density at radius 2 is 1.75 bits per heavy atom. The summed E-state index contributed by atoms with van der Waals surface area (Å²) in [5.41, 5.74) is 4.68. The molecule has 1 heteroatoms. The monoisotopic (exact) mass is 218 g/mol. The molecule has 16 heavy (non-hydrogen) atoms. The quantitative estimate of drug-likeness (QED) is 0.646. The Kier molecular flexibility index (Phi) is 7.19. The molecule has 1 nitrogen and oxygen atoms in total. The number of aldehydes is 1. The van der Waals surface area contributed by atoms with Crippen LogP contribution in [0.2, 0.25) is 0 Å². The number of carbonyl (C=O) groups is 1. The van der Waals surface area contributed by atoms with Crippen LogP contribution in [0.1, 0.15) is 44.4 Å². The molecule has 1 aromatic rings. The second-order valence-electron chi connectivity index (χ2n) is 3.16. The maximum absolute atomic E-state index is 10.5. The van der Waals surface area contributed by atoms with Crippen molar-refractivity contribution in [2.45, 2.75) is 41.0 Å². The molecule has 0 saturated heterocycles. The van der Waals surface area contributed by atoms with E-state index >= 15 is 0 Å². The lowest BCUT2D eigenvalue weighted by Crippen LogP contribution is -1.88. The fourth-order valence-corrected chi connectivity index (χ4v) is 1.63. The van der Waals surface area contributed by atoms with Crippen LogP contribution in [-0.4, -0.2) is 6.29 Å². The summed E-state index contributed by atoms with van der Waals surface area (Å²) in [6.07, 6.45) is 3.72. The Balaban J connectivity index is 0.000000509. The summed E-state index contributed by atoms with van der Waals surface area (Å²) in [5.74, 6) is 0. The number of benzene rings is 1. The van der Waals surface area contributed by atoms with E-state index < -0.39 is 0 Å². The molecule has 1 aromatic carbocycles. The number of rotatable bonds is 1. The van der Waals surface area contributed by atoms with Gasteiger partial charge in [0.05, 0.1) is 0 Å². The number of carbonyl (C=O) groups excluding carboxylic acids is 1. The molecule has 0 amide bonds. The van der Waals surface area contributed by atoms with Crippen LogP contribution >= 0.6 is 0 Å². The van der Waals surface area contributed by atoms with Gasteiger partial charge < -0.3 is 0 Å². The minimum absolute atomic E-state index is 0.811. The first kappa shape index (κ1) is 14.6. The molecule has 1 aliphatic rings. The van der Waals surface area contributed by atoms with E-state index in [1.165, 1.54) is 16.7 Å². The molecule has 88 valence electrons. The fraction of sp³-hybridized carbons (Fsp3) is 0.400. The van der Waals surface area contributed by atoms with Gasteiger partial charge in [-0.3, -0.25) is 4.79 Å². The van der Waals surface area contributed by atoms with Gasteiger partial charge in [-0.1, -0.05) is 45.9 Å². The molecule has 0 aromatic heterocycles. The molecule has 1 aliphatic carbocycles. The molecule has 0 aliphatic heterocycles. The first-order chi connectivity index (χ1) is 7.81. The van der Waals surface area contributed by atoms with Gasteiger partial charge in [0.1, 0.15) is 6.29 Å². The molecule has 2 rings (SSSR count). The van der Waals surface area contributed by atoms with Crippen molar-refractivity contribution in [3.63, 3.8) is 0 Å². The minimum atomic E-state index is 0.811. The van der Waals surface area contributed by atoms with E-state index in [-0.39, 0.29) is 0 Å². The summed E-state index contributed by atoms with van der Waals surface area (Å²) in [6, 6.07) is 6.16. The molecule has 0 radical (unpaired) electrons. The molecular formula is C15H22O. The van der Waals surface area contributed by atoms with E-state index in [0.29, 0.717) is 0 Å². The number of aryl methyl sites for hydroxylation is 1. The summed E-state index contributed by atoms with van der Waals surface area (Å²) in [7, 11) is 0. The first-order valence-electron chi connectivity index (χ1n) is 6.05. The predicted molar refractivity (Wildman–Crippen MR) is 71.6 cm³/mol. The highest BCUT2D eigenvalue weighted by atomic mass is 16.1. The lowest BCUT2D eigenvalue weighted by Gasteiger charge is -2.01. The summed E-state index contributed by atoms with van der Waals surface area (Å²) >= 11 is 0. The number of hydrogen-bond donors (Lipinski definition) is 0. The van der Waals surface area contributed by atoms with Crippen LogP contribution in [0.3, 0.4) is 0 Å². The SMILES string of the molecule is CC.CC.Cc1cccc2c1CC(C=O)=C2. The Bertz CT molecular complexity index is 362. The van der Waals surface area contributed by atoms with E-state index in [4.69, 9.17) is 0 Å². The molecule has 0 unspecified atom stereocenters. The van der Waals surface area contributed by atoms with Crippen molar-refractivity contribution in [3.8, 4) is 0 Å². The van der Waals surface area contributed by atoms with Crippen LogP contribution in [0.5, 0.6) is 0 Å². The minimum Gasteiger partial charge on any atom is -0.298 e. The zero-order valence-electron chi connectivity index (χ0n) is 11.0. The average Bonchev–Trinajstić information content (AvgIpc) is 2.79. The fourth-order valence-electron chi connectivity index (χ4n) is 1.63. The predicted octanol–water partition coefficient (Wildman–Crippen LogP) is 4.19. The first-order valence-corrected chi connectivity index (χ1v) is 6.05. The standard InChI is InChI=1S/C11H10O.2C2H6/c1-8-3-2-4-10-5-9(7-12)6-11(8)10;2*1-2/h2-5,7H,6H2,1H3;2*1-2H3. The van der Waals surface area contributed by atoms with Gasteiger partial charge in [0.2, 0.25) is 0 Å². The summed E-state index contributed by atoms with van der Waals surface area (Å²) in [6.45, 7) is 10.1. The van der Waals surface area contributed by atoms with Crippen molar-refractivity contribution >= 4 is 12.4 Å². The van der Waals surface area contributed by atoms with Crippen LogP contribution in [-0.2, 0) is 11.2 Å². The maximum Gasteiger partial charge on any atom is 0.146 e. The topological polar surface area (TPSA) is 17.1 Å². The Labute approximate surface area is 99.2 Å². The largest absolute Gasteiger partial charge is 0.298 e. The highest BCUT2D eigenvalue weighted by molar-refractivity contribution is 5.86. The third kappa shape index (κ3) is 3.34. The van der Waals surface area contributed by atoms with Gasteiger partial charge in [0, 0.05) is 6.42 Å². The number of allylic oxidation sites excluding steroid dienone is 1. The Morgan fingerprint density at radius 1 is 1.12 bits per heavy atom. The number of hydrogen-bond acceptors (Lipinski definition) is 1. The van der Waals surface area contributed by atoms with Gasteiger partial charge >= 0.3 is 0 Å². The summed E-state index contributed by atoms with van der Waals surface area (Å²) in [5, 5.41) is 0. The lowest BCUT2D eigenvalue weighted by atomic mass is 10.0. The van der Waals surface area contributed by atoms with Crippen LogP contribution in [0.4, 0.5) is 0 Å². The second-order valence-corrected chi connectivity index (χ2v) is 3.16. The summed E-state index contributed by atoms with van der Waals surface area (Å²) < 4.78 is 0. The normalized spacial score (nSPS) is 11.2. The molecule has 0 heterocycles. The summed E-state index contributed by atoms with van der Waals surface area (Å²) in [4.78, 5) is 10.5. The van der Waals surface area contributed by atoms with E-state index in [2.05, 4.69) is 19.1 Å². The molecule has 0 bridgehead atoms.